The Kier molecular flexibility index (Phi) is 6.56. The maximum Gasteiger partial charge on any atom is 0.342 e. The highest BCUT2D eigenvalue weighted by Gasteiger charge is 2.25. The van der Waals surface area contributed by atoms with Crippen molar-refractivity contribution in [3.63, 3.8) is 0 Å². The van der Waals surface area contributed by atoms with E-state index in [0.717, 1.165) is 22.8 Å². The SMILES string of the molecule is Cc1nn(-c2ccccc2)c(C)c1C(=O)OCC(=O)c1cc(C)n(CC2COc3ccccc3O2)c1C. The highest BCUT2D eigenvalue weighted by atomic mass is 16.6. The molecule has 5 rings (SSSR count). The van der Waals surface area contributed by atoms with Crippen LogP contribution in [0.25, 0.3) is 5.69 Å². The molecular weight excluding hydrogens is 470 g/mol. The lowest BCUT2D eigenvalue weighted by Gasteiger charge is -2.27. The molecule has 0 N–H and O–H groups in total. The van der Waals surface area contributed by atoms with E-state index in [9.17, 15) is 9.59 Å². The summed E-state index contributed by atoms with van der Waals surface area (Å²) in [7, 11) is 0. The van der Waals surface area contributed by atoms with E-state index < -0.39 is 5.97 Å². The minimum atomic E-state index is -0.564. The molecule has 1 atom stereocenters. The molecule has 0 aliphatic carbocycles. The molecule has 0 amide bonds. The van der Waals surface area contributed by atoms with Gasteiger partial charge in [-0.25, -0.2) is 9.48 Å². The predicted molar refractivity (Wildman–Crippen MR) is 138 cm³/mol. The maximum atomic E-state index is 13.1. The second-order valence-corrected chi connectivity index (χ2v) is 9.19. The highest BCUT2D eigenvalue weighted by Crippen LogP contribution is 2.31. The van der Waals surface area contributed by atoms with Crippen molar-refractivity contribution in [1.82, 2.24) is 14.3 Å². The number of aryl methyl sites for hydroxylation is 2. The monoisotopic (exact) mass is 499 g/mol. The summed E-state index contributed by atoms with van der Waals surface area (Å²) in [6, 6.07) is 19.0. The van der Waals surface area contributed by atoms with Gasteiger partial charge in [0.1, 0.15) is 12.2 Å². The Morgan fingerprint density at radius 2 is 1.68 bits per heavy atom. The van der Waals surface area contributed by atoms with Crippen LogP contribution >= 0.6 is 0 Å². The fraction of sp³-hybridized carbons (Fsp3) is 0.276. The smallest absolute Gasteiger partial charge is 0.342 e. The van der Waals surface area contributed by atoms with Crippen molar-refractivity contribution < 1.29 is 23.8 Å². The molecule has 0 bridgehead atoms. The molecule has 0 spiro atoms. The molecule has 4 aromatic rings. The third-order valence-corrected chi connectivity index (χ3v) is 6.66. The number of rotatable bonds is 7. The number of esters is 1. The summed E-state index contributed by atoms with van der Waals surface area (Å²) in [4.78, 5) is 26.0. The van der Waals surface area contributed by atoms with Crippen molar-refractivity contribution in [1.29, 1.82) is 0 Å². The predicted octanol–water partition coefficient (Wildman–Crippen LogP) is 4.79. The molecule has 1 aliphatic heterocycles. The quantitative estimate of drug-likeness (QED) is 0.269. The molecule has 0 saturated heterocycles. The molecule has 8 heteroatoms. The van der Waals surface area contributed by atoms with Crippen LogP contribution in [0, 0.1) is 27.7 Å². The van der Waals surface area contributed by atoms with Gasteiger partial charge in [-0.2, -0.15) is 5.10 Å². The van der Waals surface area contributed by atoms with Gasteiger partial charge in [0.2, 0.25) is 5.78 Å². The largest absolute Gasteiger partial charge is 0.486 e. The van der Waals surface area contributed by atoms with E-state index in [1.807, 2.05) is 86.0 Å². The molecule has 0 fully saturated rings. The minimum absolute atomic E-state index is 0.187. The lowest BCUT2D eigenvalue weighted by Crippen LogP contribution is -2.33. The van der Waals surface area contributed by atoms with E-state index in [1.165, 1.54) is 0 Å². The standard InChI is InChI=1S/C29H29N3O5/c1-18-14-24(20(3)31(18)15-23-16-35-26-12-8-9-13-27(26)37-23)25(33)17-36-29(34)28-19(2)30-32(21(28)4)22-10-6-5-7-11-22/h5-14,23H,15-17H2,1-4H3. The number of aromatic nitrogens is 3. The number of carbonyl (C=O) groups is 2. The first-order valence-electron chi connectivity index (χ1n) is 12.2. The third-order valence-electron chi connectivity index (χ3n) is 6.66. The number of hydrogen-bond acceptors (Lipinski definition) is 6. The van der Waals surface area contributed by atoms with Crippen LogP contribution in [0.1, 0.15) is 43.5 Å². The van der Waals surface area contributed by atoms with Crippen LogP contribution < -0.4 is 9.47 Å². The zero-order chi connectivity index (χ0) is 26.1. The van der Waals surface area contributed by atoms with Gasteiger partial charge in [-0.15, -0.1) is 0 Å². The molecule has 1 unspecified atom stereocenters. The van der Waals surface area contributed by atoms with Crippen LogP contribution in [0.4, 0.5) is 0 Å². The number of fused-ring (bicyclic) bond motifs is 1. The van der Waals surface area contributed by atoms with Gasteiger partial charge in [-0.3, -0.25) is 4.79 Å². The van der Waals surface area contributed by atoms with Crippen LogP contribution in [0.2, 0.25) is 0 Å². The van der Waals surface area contributed by atoms with Crippen molar-refractivity contribution in [2.24, 2.45) is 0 Å². The lowest BCUT2D eigenvalue weighted by molar-refractivity contribution is 0.0473. The molecule has 1 aliphatic rings. The van der Waals surface area contributed by atoms with Crippen molar-refractivity contribution >= 4 is 11.8 Å². The number of para-hydroxylation sites is 3. The van der Waals surface area contributed by atoms with Crippen molar-refractivity contribution in [3.05, 3.63) is 94.6 Å². The van der Waals surface area contributed by atoms with Gasteiger partial charge in [-0.05, 0) is 58.0 Å². The van der Waals surface area contributed by atoms with Crippen LogP contribution in [0.3, 0.4) is 0 Å². The first-order chi connectivity index (χ1) is 17.8. The normalized spacial score (nSPS) is 14.4. The Morgan fingerprint density at radius 1 is 0.973 bits per heavy atom. The van der Waals surface area contributed by atoms with Crippen LogP contribution in [0.5, 0.6) is 11.5 Å². The van der Waals surface area contributed by atoms with Gasteiger partial charge >= 0.3 is 5.97 Å². The summed E-state index contributed by atoms with van der Waals surface area (Å²) in [6.07, 6.45) is -0.187. The second kappa shape index (κ2) is 9.97. The van der Waals surface area contributed by atoms with E-state index in [4.69, 9.17) is 14.2 Å². The van der Waals surface area contributed by atoms with Gasteiger partial charge in [0.25, 0.3) is 0 Å². The molecule has 3 heterocycles. The van der Waals surface area contributed by atoms with E-state index in [0.29, 0.717) is 41.4 Å². The Labute approximate surface area is 215 Å². The molecule has 8 nitrogen and oxygen atoms in total. The summed E-state index contributed by atoms with van der Waals surface area (Å²) >= 11 is 0. The Morgan fingerprint density at radius 3 is 2.43 bits per heavy atom. The molecular formula is C29H29N3O5. The fourth-order valence-corrected chi connectivity index (χ4v) is 4.76. The lowest BCUT2D eigenvalue weighted by atomic mass is 10.1. The van der Waals surface area contributed by atoms with E-state index in [-0.39, 0.29) is 18.5 Å². The summed E-state index contributed by atoms with van der Waals surface area (Å²) in [5.74, 6) is 0.623. The van der Waals surface area contributed by atoms with Crippen molar-refractivity contribution in [3.8, 4) is 17.2 Å². The molecule has 0 saturated carbocycles. The van der Waals surface area contributed by atoms with E-state index in [2.05, 4.69) is 5.10 Å². The Bertz CT molecular complexity index is 1470. The molecule has 0 radical (unpaired) electrons. The number of Topliss-reactive ketones (excluding diaryl/α,β-unsaturated/α-hetero) is 1. The number of benzene rings is 2. The summed E-state index contributed by atoms with van der Waals surface area (Å²) in [6.45, 7) is 8.01. The molecule has 2 aromatic carbocycles. The topological polar surface area (TPSA) is 84.6 Å². The van der Waals surface area contributed by atoms with Gasteiger partial charge in [0.15, 0.2) is 24.2 Å². The average molecular weight is 500 g/mol. The van der Waals surface area contributed by atoms with Crippen LogP contribution in [0.15, 0.2) is 60.7 Å². The van der Waals surface area contributed by atoms with Gasteiger partial charge < -0.3 is 18.8 Å². The Hall–Kier alpha value is -4.33. The number of hydrogen-bond donors (Lipinski definition) is 0. The number of ether oxygens (including phenoxy) is 3. The second-order valence-electron chi connectivity index (χ2n) is 9.19. The fourth-order valence-electron chi connectivity index (χ4n) is 4.76. The summed E-state index contributed by atoms with van der Waals surface area (Å²) in [5.41, 5.74) is 4.67. The van der Waals surface area contributed by atoms with Gasteiger partial charge in [-0.1, -0.05) is 30.3 Å². The summed E-state index contributed by atoms with van der Waals surface area (Å²) in [5, 5.41) is 4.49. The first-order valence-corrected chi connectivity index (χ1v) is 12.2. The van der Waals surface area contributed by atoms with Crippen molar-refractivity contribution in [2.75, 3.05) is 13.2 Å². The average Bonchev–Trinajstić information content (AvgIpc) is 3.37. The van der Waals surface area contributed by atoms with Gasteiger partial charge in [0.05, 0.1) is 23.6 Å². The minimum Gasteiger partial charge on any atom is -0.486 e. The van der Waals surface area contributed by atoms with E-state index >= 15 is 0 Å². The number of nitrogens with zero attached hydrogens (tertiary/aromatic N) is 3. The highest BCUT2D eigenvalue weighted by molar-refractivity contribution is 6.00. The third kappa shape index (κ3) is 4.74. The number of ketones is 1. The van der Waals surface area contributed by atoms with E-state index in [1.54, 1.807) is 11.6 Å². The first kappa shape index (κ1) is 24.4. The Balaban J connectivity index is 1.26. The molecule has 190 valence electrons. The maximum absolute atomic E-state index is 13.1. The molecule has 2 aromatic heterocycles. The zero-order valence-corrected chi connectivity index (χ0v) is 21.4. The molecule has 37 heavy (non-hydrogen) atoms. The van der Waals surface area contributed by atoms with Crippen molar-refractivity contribution in [2.45, 2.75) is 40.3 Å². The van der Waals surface area contributed by atoms with Crippen LogP contribution in [-0.4, -0.2) is 45.4 Å². The summed E-state index contributed by atoms with van der Waals surface area (Å²) < 4.78 is 21.1. The number of carbonyl (C=O) groups excluding carboxylic acids is 2. The van der Waals surface area contributed by atoms with Gasteiger partial charge in [0, 0.05) is 17.0 Å². The van der Waals surface area contributed by atoms with Crippen LogP contribution in [-0.2, 0) is 11.3 Å². The zero-order valence-electron chi connectivity index (χ0n) is 21.4.